The zero-order chi connectivity index (χ0) is 34.9. The summed E-state index contributed by atoms with van der Waals surface area (Å²) >= 11 is 0. The van der Waals surface area contributed by atoms with Crippen LogP contribution in [0.1, 0.15) is 181 Å². The quantitative estimate of drug-likeness (QED) is 0.0329. The van der Waals surface area contributed by atoms with Crippen LogP contribution in [0.5, 0.6) is 0 Å². The summed E-state index contributed by atoms with van der Waals surface area (Å²) in [4.78, 5) is 34.7. The van der Waals surface area contributed by atoms with Crippen molar-refractivity contribution in [1.82, 2.24) is 0 Å². The van der Waals surface area contributed by atoms with Crippen LogP contribution >= 0.6 is 7.82 Å². The summed E-state index contributed by atoms with van der Waals surface area (Å²) in [5.41, 5.74) is 0. The largest absolute Gasteiger partial charge is 0.472 e. The molecule has 3 N–H and O–H groups in total. The first kappa shape index (κ1) is 46.0. The zero-order valence-corrected chi connectivity index (χ0v) is 30.9. The van der Waals surface area contributed by atoms with Gasteiger partial charge in [0.25, 0.3) is 0 Å². The Labute approximate surface area is 286 Å². The van der Waals surface area contributed by atoms with Crippen LogP contribution in [0.2, 0.25) is 0 Å². The Balaban J connectivity index is 4.35. The predicted octanol–water partition coefficient (Wildman–Crippen LogP) is 9.11. The van der Waals surface area contributed by atoms with Gasteiger partial charge in [0.2, 0.25) is 0 Å². The van der Waals surface area contributed by atoms with Crippen molar-refractivity contribution < 1.29 is 47.8 Å². The standard InChI is InChI=1S/C36H71O10P/c1-3-5-7-9-11-13-15-16-18-20-22-24-26-28-36(40)46-34(32-45-47(41,42)44-30-33(38)29-37)31-43-35(39)27-25-23-21-19-17-14-12-10-8-6-4-2/h33-34,37-38H,3-32H2,1-2H3,(H,41,42)/t33-,34?/m0/s1. The maximum atomic E-state index is 12.5. The van der Waals surface area contributed by atoms with Crippen molar-refractivity contribution in [3.05, 3.63) is 0 Å². The van der Waals surface area contributed by atoms with Crippen LogP contribution in [-0.2, 0) is 32.7 Å². The maximum absolute atomic E-state index is 12.5. The number of phosphoric acid groups is 1. The fourth-order valence-electron chi connectivity index (χ4n) is 5.29. The summed E-state index contributed by atoms with van der Waals surface area (Å²) in [7, 11) is -4.60. The lowest BCUT2D eigenvalue weighted by atomic mass is 10.0. The highest BCUT2D eigenvalue weighted by Crippen LogP contribution is 2.43. The highest BCUT2D eigenvalue weighted by Gasteiger charge is 2.27. The molecule has 0 heterocycles. The van der Waals surface area contributed by atoms with Crippen LogP contribution in [0.3, 0.4) is 0 Å². The van der Waals surface area contributed by atoms with Gasteiger partial charge in [-0.1, -0.05) is 155 Å². The van der Waals surface area contributed by atoms with Gasteiger partial charge < -0.3 is 24.6 Å². The van der Waals surface area contributed by atoms with E-state index in [1.165, 1.54) is 103 Å². The Kier molecular flexibility index (Phi) is 32.7. The minimum Gasteiger partial charge on any atom is -0.462 e. The van der Waals surface area contributed by atoms with Gasteiger partial charge in [0.05, 0.1) is 19.8 Å². The lowest BCUT2D eigenvalue weighted by Gasteiger charge is -2.20. The highest BCUT2D eigenvalue weighted by atomic mass is 31.2. The van der Waals surface area contributed by atoms with E-state index in [-0.39, 0.29) is 19.4 Å². The second kappa shape index (κ2) is 33.5. The highest BCUT2D eigenvalue weighted by molar-refractivity contribution is 7.47. The molecule has 3 atom stereocenters. The van der Waals surface area contributed by atoms with Gasteiger partial charge in [-0.25, -0.2) is 4.57 Å². The average Bonchev–Trinajstić information content (AvgIpc) is 3.05. The number of ether oxygens (including phenoxy) is 2. The van der Waals surface area contributed by atoms with Crippen LogP contribution in [0.15, 0.2) is 0 Å². The number of aliphatic hydroxyl groups excluding tert-OH is 2. The van der Waals surface area contributed by atoms with E-state index >= 15 is 0 Å². The summed E-state index contributed by atoms with van der Waals surface area (Å²) in [6, 6.07) is 0. The molecular weight excluding hydrogens is 623 g/mol. The number of carbonyl (C=O) groups excluding carboxylic acids is 2. The van der Waals surface area contributed by atoms with Crippen molar-refractivity contribution >= 4 is 19.8 Å². The van der Waals surface area contributed by atoms with Gasteiger partial charge in [-0.15, -0.1) is 0 Å². The van der Waals surface area contributed by atoms with Crippen molar-refractivity contribution in [1.29, 1.82) is 0 Å². The molecule has 0 amide bonds. The molecule has 0 aromatic rings. The smallest absolute Gasteiger partial charge is 0.462 e. The van der Waals surface area contributed by atoms with E-state index in [0.717, 1.165) is 38.5 Å². The third-order valence-corrected chi connectivity index (χ3v) is 9.21. The van der Waals surface area contributed by atoms with E-state index in [1.54, 1.807) is 0 Å². The van der Waals surface area contributed by atoms with Crippen molar-refractivity contribution in [3.63, 3.8) is 0 Å². The predicted molar refractivity (Wildman–Crippen MR) is 187 cm³/mol. The molecule has 0 fully saturated rings. The SMILES string of the molecule is CCCCCCCCCCCCCCCC(=O)OC(COC(=O)CCCCCCCCCCCCC)COP(=O)(O)OC[C@@H](O)CO. The molecule has 0 aliphatic rings. The first-order valence-corrected chi connectivity index (χ1v) is 20.5. The van der Waals surface area contributed by atoms with E-state index in [0.29, 0.717) is 12.8 Å². The minimum atomic E-state index is -4.60. The second-order valence-corrected chi connectivity index (χ2v) is 14.4. The topological polar surface area (TPSA) is 149 Å². The van der Waals surface area contributed by atoms with E-state index in [4.69, 9.17) is 19.1 Å². The van der Waals surface area contributed by atoms with E-state index in [1.807, 2.05) is 0 Å². The van der Waals surface area contributed by atoms with Gasteiger partial charge in [-0.05, 0) is 12.8 Å². The van der Waals surface area contributed by atoms with Crippen LogP contribution in [-0.4, -0.2) is 65.7 Å². The van der Waals surface area contributed by atoms with Crippen molar-refractivity contribution in [2.45, 2.75) is 193 Å². The molecule has 47 heavy (non-hydrogen) atoms. The first-order chi connectivity index (χ1) is 22.7. The minimum absolute atomic E-state index is 0.191. The molecule has 0 rings (SSSR count). The maximum Gasteiger partial charge on any atom is 0.472 e. The second-order valence-electron chi connectivity index (χ2n) is 13.0. The number of unbranched alkanes of at least 4 members (excludes halogenated alkanes) is 22. The molecule has 11 heteroatoms. The average molecular weight is 695 g/mol. The molecule has 0 radical (unpaired) electrons. The Morgan fingerprint density at radius 2 is 0.915 bits per heavy atom. The Hall–Kier alpha value is -1.03. The van der Waals surface area contributed by atoms with E-state index < -0.39 is 51.8 Å². The Morgan fingerprint density at radius 3 is 1.32 bits per heavy atom. The normalized spacial score (nSPS) is 14.1. The van der Waals surface area contributed by atoms with Crippen molar-refractivity contribution in [2.24, 2.45) is 0 Å². The number of aliphatic hydroxyl groups is 2. The number of hydrogen-bond acceptors (Lipinski definition) is 9. The molecule has 0 aliphatic heterocycles. The van der Waals surface area contributed by atoms with Gasteiger partial charge in [0, 0.05) is 12.8 Å². The Morgan fingerprint density at radius 1 is 0.553 bits per heavy atom. The molecule has 0 bridgehead atoms. The van der Waals surface area contributed by atoms with Gasteiger partial charge in [0.1, 0.15) is 12.7 Å². The molecule has 0 aliphatic carbocycles. The molecule has 0 saturated heterocycles. The van der Waals surface area contributed by atoms with E-state index in [2.05, 4.69) is 18.4 Å². The van der Waals surface area contributed by atoms with Gasteiger partial charge in [-0.3, -0.25) is 18.6 Å². The zero-order valence-electron chi connectivity index (χ0n) is 30.0. The molecule has 0 aromatic carbocycles. The Bertz CT molecular complexity index is 766. The van der Waals surface area contributed by atoms with Crippen molar-refractivity contribution in [2.75, 3.05) is 26.4 Å². The number of phosphoric ester groups is 1. The van der Waals surface area contributed by atoms with Gasteiger partial charge in [0.15, 0.2) is 6.10 Å². The van der Waals surface area contributed by atoms with Gasteiger partial charge in [-0.2, -0.15) is 0 Å². The number of esters is 2. The number of hydrogen-bond donors (Lipinski definition) is 3. The molecular formula is C36H71O10P. The first-order valence-electron chi connectivity index (χ1n) is 19.0. The molecule has 280 valence electrons. The summed E-state index contributed by atoms with van der Waals surface area (Å²) in [5, 5.41) is 18.2. The number of carbonyl (C=O) groups is 2. The summed E-state index contributed by atoms with van der Waals surface area (Å²) in [5.74, 6) is -0.916. The monoisotopic (exact) mass is 694 g/mol. The summed E-state index contributed by atoms with van der Waals surface area (Å²) in [6.07, 6.45) is 26.4. The third kappa shape index (κ3) is 33.3. The molecule has 0 aromatic heterocycles. The van der Waals surface area contributed by atoms with Gasteiger partial charge >= 0.3 is 19.8 Å². The van der Waals surface area contributed by atoms with Crippen LogP contribution in [0, 0.1) is 0 Å². The summed E-state index contributed by atoms with van der Waals surface area (Å²) < 4.78 is 32.5. The van der Waals surface area contributed by atoms with Crippen LogP contribution < -0.4 is 0 Å². The summed E-state index contributed by atoms with van der Waals surface area (Å²) in [6.45, 7) is 2.37. The van der Waals surface area contributed by atoms with Crippen molar-refractivity contribution in [3.8, 4) is 0 Å². The van der Waals surface area contributed by atoms with E-state index in [9.17, 15) is 24.2 Å². The van der Waals surface area contributed by atoms with Crippen LogP contribution in [0.25, 0.3) is 0 Å². The molecule has 0 spiro atoms. The number of rotatable bonds is 36. The lowest BCUT2D eigenvalue weighted by molar-refractivity contribution is -0.161. The lowest BCUT2D eigenvalue weighted by Crippen LogP contribution is -2.29. The fraction of sp³-hybridized carbons (Fsp3) is 0.944. The van der Waals surface area contributed by atoms with Crippen LogP contribution in [0.4, 0.5) is 0 Å². The fourth-order valence-corrected chi connectivity index (χ4v) is 6.08. The molecule has 2 unspecified atom stereocenters. The molecule has 0 saturated carbocycles. The third-order valence-electron chi connectivity index (χ3n) is 8.26. The molecule has 10 nitrogen and oxygen atoms in total.